The number of hydrogen-bond donors (Lipinski definition) is 1. The van der Waals surface area contributed by atoms with Crippen LogP contribution in [0.3, 0.4) is 0 Å². The number of aryl methyl sites for hydroxylation is 1. The highest BCUT2D eigenvalue weighted by atomic mass is 14.7. The van der Waals surface area contributed by atoms with Crippen molar-refractivity contribution < 1.29 is 0 Å². The second-order valence-corrected chi connectivity index (χ2v) is 5.38. The van der Waals surface area contributed by atoms with Crippen LogP contribution in [0, 0.1) is 13.8 Å². The van der Waals surface area contributed by atoms with Crippen molar-refractivity contribution in [3.05, 3.63) is 34.5 Å². The zero-order valence-corrected chi connectivity index (χ0v) is 10.5. The first-order valence-corrected chi connectivity index (χ1v) is 6.21. The molecule has 1 aliphatic rings. The minimum absolute atomic E-state index is 0.699. The van der Waals surface area contributed by atoms with Crippen LogP contribution in [0.1, 0.15) is 54.4 Å². The molecule has 0 radical (unpaired) electrons. The second kappa shape index (κ2) is 3.13. The molecule has 0 saturated heterocycles. The van der Waals surface area contributed by atoms with Gasteiger partial charge in [-0.3, -0.25) is 0 Å². The van der Waals surface area contributed by atoms with Crippen LogP contribution in [-0.4, -0.2) is 4.98 Å². The Balaban J connectivity index is 2.49. The van der Waals surface area contributed by atoms with Gasteiger partial charge in [-0.2, -0.15) is 0 Å². The molecule has 1 aliphatic carbocycles. The molecule has 1 nitrogen and oxygen atoms in total. The molecule has 2 aromatic rings. The normalized spacial score (nSPS) is 24.0. The molecular formula is C15H19N. The SMILES string of the molecule is Cc1c2c(c3[nH]ccc3c1C)C(C)CC2C. The molecule has 2 unspecified atom stereocenters. The first-order valence-electron chi connectivity index (χ1n) is 6.21. The van der Waals surface area contributed by atoms with E-state index in [0.717, 1.165) is 5.92 Å². The highest BCUT2D eigenvalue weighted by molar-refractivity contribution is 5.89. The lowest BCUT2D eigenvalue weighted by molar-refractivity contribution is 0.661. The summed E-state index contributed by atoms with van der Waals surface area (Å²) in [5.74, 6) is 1.42. The Kier molecular flexibility index (Phi) is 1.95. The zero-order chi connectivity index (χ0) is 11.4. The molecular weight excluding hydrogens is 194 g/mol. The summed E-state index contributed by atoms with van der Waals surface area (Å²) in [7, 11) is 0. The van der Waals surface area contributed by atoms with Gasteiger partial charge in [-0.15, -0.1) is 0 Å². The van der Waals surface area contributed by atoms with Gasteiger partial charge in [0.25, 0.3) is 0 Å². The van der Waals surface area contributed by atoms with Crippen LogP contribution in [0.25, 0.3) is 10.9 Å². The molecule has 0 amide bonds. The van der Waals surface area contributed by atoms with Crippen molar-refractivity contribution in [1.82, 2.24) is 4.98 Å². The third-order valence-corrected chi connectivity index (χ3v) is 4.37. The van der Waals surface area contributed by atoms with Gasteiger partial charge < -0.3 is 4.98 Å². The summed E-state index contributed by atoms with van der Waals surface area (Å²) < 4.78 is 0. The maximum Gasteiger partial charge on any atom is 0.0494 e. The third kappa shape index (κ3) is 1.06. The summed E-state index contributed by atoms with van der Waals surface area (Å²) in [6, 6.07) is 2.22. The highest BCUT2D eigenvalue weighted by Gasteiger charge is 2.30. The van der Waals surface area contributed by atoms with Gasteiger partial charge >= 0.3 is 0 Å². The summed E-state index contributed by atoms with van der Waals surface area (Å²) in [5.41, 5.74) is 7.54. The smallest absolute Gasteiger partial charge is 0.0494 e. The van der Waals surface area contributed by atoms with Crippen LogP contribution in [0.15, 0.2) is 12.3 Å². The molecule has 0 saturated carbocycles. The average Bonchev–Trinajstić information content (AvgIpc) is 2.79. The van der Waals surface area contributed by atoms with E-state index < -0.39 is 0 Å². The molecule has 0 fully saturated rings. The van der Waals surface area contributed by atoms with Gasteiger partial charge in [-0.05, 0) is 60.4 Å². The van der Waals surface area contributed by atoms with Crippen molar-refractivity contribution in [2.24, 2.45) is 0 Å². The number of H-pyrrole nitrogens is 1. The topological polar surface area (TPSA) is 15.8 Å². The first-order chi connectivity index (χ1) is 7.61. The van der Waals surface area contributed by atoms with Crippen LogP contribution in [0.5, 0.6) is 0 Å². The van der Waals surface area contributed by atoms with Crippen molar-refractivity contribution in [3.63, 3.8) is 0 Å². The minimum atomic E-state index is 0.699. The second-order valence-electron chi connectivity index (χ2n) is 5.38. The standard InChI is InChI=1S/C15H19N/c1-8-7-9(2)14-13(8)11(4)10(3)12-5-6-16-15(12)14/h5-6,8-9,16H,7H2,1-4H3. The van der Waals surface area contributed by atoms with E-state index in [-0.39, 0.29) is 0 Å². The zero-order valence-electron chi connectivity index (χ0n) is 10.5. The quantitative estimate of drug-likeness (QED) is 0.667. The molecule has 1 N–H and O–H groups in total. The van der Waals surface area contributed by atoms with Gasteiger partial charge in [0, 0.05) is 17.1 Å². The third-order valence-electron chi connectivity index (χ3n) is 4.37. The summed E-state index contributed by atoms with van der Waals surface area (Å²) in [5, 5.41) is 1.41. The van der Waals surface area contributed by atoms with Gasteiger partial charge in [0.05, 0.1) is 0 Å². The van der Waals surface area contributed by atoms with E-state index in [2.05, 4.69) is 44.9 Å². The van der Waals surface area contributed by atoms with E-state index >= 15 is 0 Å². The largest absolute Gasteiger partial charge is 0.361 e. The molecule has 0 aliphatic heterocycles. The number of aromatic nitrogens is 1. The van der Waals surface area contributed by atoms with Gasteiger partial charge in [0.2, 0.25) is 0 Å². The van der Waals surface area contributed by atoms with E-state index in [1.54, 1.807) is 11.1 Å². The van der Waals surface area contributed by atoms with Crippen molar-refractivity contribution in [2.45, 2.75) is 46.0 Å². The molecule has 1 heteroatoms. The lowest BCUT2D eigenvalue weighted by Crippen LogP contribution is -1.96. The molecule has 1 aromatic heterocycles. The Hall–Kier alpha value is -1.24. The lowest BCUT2D eigenvalue weighted by Gasteiger charge is -2.14. The fourth-order valence-electron chi connectivity index (χ4n) is 3.56. The van der Waals surface area contributed by atoms with E-state index in [0.29, 0.717) is 5.92 Å². The van der Waals surface area contributed by atoms with Gasteiger partial charge in [-0.25, -0.2) is 0 Å². The predicted molar refractivity (Wildman–Crippen MR) is 69.2 cm³/mol. The van der Waals surface area contributed by atoms with E-state index in [4.69, 9.17) is 0 Å². The molecule has 16 heavy (non-hydrogen) atoms. The molecule has 3 rings (SSSR count). The van der Waals surface area contributed by atoms with Crippen molar-refractivity contribution >= 4 is 10.9 Å². The van der Waals surface area contributed by atoms with Crippen LogP contribution in [-0.2, 0) is 0 Å². The van der Waals surface area contributed by atoms with Crippen molar-refractivity contribution in [2.75, 3.05) is 0 Å². The summed E-state index contributed by atoms with van der Waals surface area (Å²) >= 11 is 0. The average molecular weight is 213 g/mol. The highest BCUT2D eigenvalue weighted by Crippen LogP contribution is 2.47. The Morgan fingerprint density at radius 2 is 1.75 bits per heavy atom. The number of fused-ring (bicyclic) bond motifs is 3. The molecule has 0 spiro atoms. The van der Waals surface area contributed by atoms with E-state index in [1.807, 2.05) is 0 Å². The molecule has 1 aromatic carbocycles. The fourth-order valence-corrected chi connectivity index (χ4v) is 3.56. The molecule has 2 atom stereocenters. The number of nitrogens with one attached hydrogen (secondary N) is 1. The van der Waals surface area contributed by atoms with Crippen LogP contribution in [0.2, 0.25) is 0 Å². The summed E-state index contributed by atoms with van der Waals surface area (Å²) in [6.45, 7) is 9.26. The number of benzene rings is 1. The molecule has 84 valence electrons. The van der Waals surface area contributed by atoms with E-state index in [9.17, 15) is 0 Å². The maximum absolute atomic E-state index is 3.44. The molecule has 1 heterocycles. The van der Waals surface area contributed by atoms with Gasteiger partial charge in [-0.1, -0.05) is 13.8 Å². The summed E-state index contributed by atoms with van der Waals surface area (Å²) in [6.07, 6.45) is 3.38. The Morgan fingerprint density at radius 1 is 1.06 bits per heavy atom. The Bertz CT molecular complexity index is 562. The minimum Gasteiger partial charge on any atom is -0.361 e. The number of hydrogen-bond acceptors (Lipinski definition) is 0. The van der Waals surface area contributed by atoms with Crippen LogP contribution >= 0.6 is 0 Å². The van der Waals surface area contributed by atoms with Gasteiger partial charge in [0.1, 0.15) is 0 Å². The Morgan fingerprint density at radius 3 is 2.50 bits per heavy atom. The van der Waals surface area contributed by atoms with Crippen molar-refractivity contribution in [3.8, 4) is 0 Å². The Labute approximate surface area is 96.9 Å². The molecule has 0 bridgehead atoms. The summed E-state index contributed by atoms with van der Waals surface area (Å²) in [4.78, 5) is 3.44. The lowest BCUT2D eigenvalue weighted by atomic mass is 9.91. The van der Waals surface area contributed by atoms with Gasteiger partial charge in [0.15, 0.2) is 0 Å². The van der Waals surface area contributed by atoms with Crippen LogP contribution < -0.4 is 0 Å². The number of rotatable bonds is 0. The first kappa shape index (κ1) is 9.95. The van der Waals surface area contributed by atoms with E-state index in [1.165, 1.54) is 28.5 Å². The maximum atomic E-state index is 3.44. The monoisotopic (exact) mass is 213 g/mol. The van der Waals surface area contributed by atoms with Crippen LogP contribution in [0.4, 0.5) is 0 Å². The number of aromatic amines is 1. The predicted octanol–water partition coefficient (Wildman–Crippen LogP) is 4.40. The fraction of sp³-hybridized carbons (Fsp3) is 0.467. The van der Waals surface area contributed by atoms with Crippen molar-refractivity contribution in [1.29, 1.82) is 0 Å².